The highest BCUT2D eigenvalue weighted by Gasteiger charge is 2.36. The van der Waals surface area contributed by atoms with E-state index in [0.717, 1.165) is 12.2 Å². The number of nitrogens with one attached hydrogen (secondary N) is 1. The number of carbonyl (C=O) groups excluding carboxylic acids is 1. The van der Waals surface area contributed by atoms with E-state index in [9.17, 15) is 4.79 Å². The second-order valence-corrected chi connectivity index (χ2v) is 8.25. The van der Waals surface area contributed by atoms with Crippen LogP contribution in [0.5, 0.6) is 5.88 Å². The molecule has 0 radical (unpaired) electrons. The summed E-state index contributed by atoms with van der Waals surface area (Å²) in [5, 5.41) is 2.88. The van der Waals surface area contributed by atoms with Gasteiger partial charge in [0, 0.05) is 13.0 Å². The maximum atomic E-state index is 11.3. The van der Waals surface area contributed by atoms with Crippen molar-refractivity contribution in [2.24, 2.45) is 5.92 Å². The lowest BCUT2D eigenvalue weighted by Gasteiger charge is -2.20. The number of ether oxygens (including phenoxy) is 3. The van der Waals surface area contributed by atoms with Crippen LogP contribution >= 0.6 is 8.53 Å². The molecule has 2 aromatic heterocycles. The highest BCUT2D eigenvalue weighted by atomic mass is 31.2. The second kappa shape index (κ2) is 9.80. The lowest BCUT2D eigenvalue weighted by atomic mass is 10.1. The van der Waals surface area contributed by atoms with Gasteiger partial charge in [-0.2, -0.15) is 9.97 Å². The molecule has 1 fully saturated rings. The third-order valence-electron chi connectivity index (χ3n) is 4.73. The van der Waals surface area contributed by atoms with E-state index in [1.807, 2.05) is 11.5 Å². The van der Waals surface area contributed by atoms with E-state index in [1.165, 1.54) is 21.3 Å². The number of fused-ring (bicyclic) bond motifs is 1. The molecule has 3 N–H and O–H groups in total. The van der Waals surface area contributed by atoms with Gasteiger partial charge in [-0.05, 0) is 13.3 Å². The number of nitrogens with two attached hydrogens (primary N) is 1. The molecule has 12 nitrogen and oxygen atoms in total. The number of nitrogen functional groups attached to an aromatic ring is 1. The standard InChI is InChI=1S/C17H27N6O6P/c1-9-6-11(8-28-30(27-5)19-7-12(24)25-3)29-16(9)23-10(2)20-13-14(23)21-17(18)22-15(13)26-4/h9,11,16,19H,6-8H2,1-5H3,(H2,18,21,22)/t9-,11-,16?,30?/m0/s1. The molecule has 30 heavy (non-hydrogen) atoms. The average molecular weight is 442 g/mol. The molecular weight excluding hydrogens is 415 g/mol. The van der Waals surface area contributed by atoms with Crippen molar-refractivity contribution < 1.29 is 28.1 Å². The molecule has 4 atom stereocenters. The lowest BCUT2D eigenvalue weighted by molar-refractivity contribution is -0.139. The number of imidazole rings is 1. The summed E-state index contributed by atoms with van der Waals surface area (Å²) in [7, 11) is 2.91. The molecule has 0 bridgehead atoms. The molecule has 2 unspecified atom stereocenters. The fourth-order valence-corrected chi connectivity index (χ4v) is 4.26. The number of hydrogen-bond acceptors (Lipinski definition) is 11. The molecule has 0 saturated carbocycles. The summed E-state index contributed by atoms with van der Waals surface area (Å²) in [4.78, 5) is 24.2. The maximum absolute atomic E-state index is 11.3. The van der Waals surface area contributed by atoms with Crippen LogP contribution in [0.4, 0.5) is 5.95 Å². The predicted octanol–water partition coefficient (Wildman–Crippen LogP) is 1.30. The third kappa shape index (κ3) is 4.79. The van der Waals surface area contributed by atoms with Crippen LogP contribution in [0.15, 0.2) is 0 Å². The highest BCUT2D eigenvalue weighted by molar-refractivity contribution is 7.44. The first-order valence-corrected chi connectivity index (χ1v) is 10.5. The number of aryl methyl sites for hydroxylation is 1. The molecule has 1 aliphatic heterocycles. The van der Waals surface area contributed by atoms with Gasteiger partial charge in [0.2, 0.25) is 11.8 Å². The van der Waals surface area contributed by atoms with Crippen molar-refractivity contribution in [3.8, 4) is 5.88 Å². The smallest absolute Gasteiger partial charge is 0.320 e. The third-order valence-corrected chi connectivity index (χ3v) is 5.86. The van der Waals surface area contributed by atoms with E-state index in [1.54, 1.807) is 0 Å². The van der Waals surface area contributed by atoms with E-state index < -0.39 is 14.5 Å². The van der Waals surface area contributed by atoms with Crippen molar-refractivity contribution in [1.29, 1.82) is 0 Å². The van der Waals surface area contributed by atoms with Gasteiger partial charge in [0.1, 0.15) is 18.6 Å². The number of carbonyl (C=O) groups is 1. The van der Waals surface area contributed by atoms with Crippen LogP contribution in [0.3, 0.4) is 0 Å². The summed E-state index contributed by atoms with van der Waals surface area (Å²) < 4.78 is 29.1. The molecule has 166 valence electrons. The van der Waals surface area contributed by atoms with Gasteiger partial charge in [0.15, 0.2) is 11.2 Å². The molecule has 3 rings (SSSR count). The minimum Gasteiger partial charge on any atom is -0.479 e. The van der Waals surface area contributed by atoms with Crippen molar-refractivity contribution in [3.63, 3.8) is 0 Å². The van der Waals surface area contributed by atoms with Crippen LogP contribution in [0, 0.1) is 12.8 Å². The van der Waals surface area contributed by atoms with Gasteiger partial charge in [-0.25, -0.2) is 10.1 Å². The topological polar surface area (TPSA) is 145 Å². The molecule has 13 heteroatoms. The summed E-state index contributed by atoms with van der Waals surface area (Å²) >= 11 is 0. The van der Waals surface area contributed by atoms with Crippen LogP contribution in [0.2, 0.25) is 0 Å². The first-order valence-electron chi connectivity index (χ1n) is 9.36. The summed E-state index contributed by atoms with van der Waals surface area (Å²) in [5.41, 5.74) is 6.94. The predicted molar refractivity (Wildman–Crippen MR) is 109 cm³/mol. The maximum Gasteiger partial charge on any atom is 0.320 e. The van der Waals surface area contributed by atoms with Gasteiger partial charge < -0.3 is 29.0 Å². The monoisotopic (exact) mass is 442 g/mol. The van der Waals surface area contributed by atoms with Gasteiger partial charge in [-0.15, -0.1) is 0 Å². The quantitative estimate of drug-likeness (QED) is 0.428. The number of aromatic nitrogens is 4. The Kier molecular flexibility index (Phi) is 7.37. The van der Waals surface area contributed by atoms with Gasteiger partial charge in [-0.1, -0.05) is 6.92 Å². The summed E-state index contributed by atoms with van der Waals surface area (Å²) in [6, 6.07) is 0. The summed E-state index contributed by atoms with van der Waals surface area (Å²) in [6.07, 6.45) is 0.313. The van der Waals surface area contributed by atoms with E-state index in [0.29, 0.717) is 23.7 Å². The normalized spacial score (nSPS) is 22.4. The molecule has 0 aromatic carbocycles. The minimum atomic E-state index is -1.44. The molecule has 1 aliphatic rings. The first kappa shape index (κ1) is 22.6. The summed E-state index contributed by atoms with van der Waals surface area (Å²) in [5.74, 6) is 0.933. The number of rotatable bonds is 9. The zero-order valence-electron chi connectivity index (χ0n) is 17.6. The molecule has 2 aromatic rings. The zero-order chi connectivity index (χ0) is 21.8. The van der Waals surface area contributed by atoms with E-state index >= 15 is 0 Å². The van der Waals surface area contributed by atoms with Gasteiger partial charge in [0.25, 0.3) is 8.53 Å². The number of hydrogen-bond donors (Lipinski definition) is 2. The zero-order valence-corrected chi connectivity index (χ0v) is 18.5. The Morgan fingerprint density at radius 3 is 2.77 bits per heavy atom. The van der Waals surface area contributed by atoms with Crippen LogP contribution in [-0.2, 0) is 23.3 Å². The largest absolute Gasteiger partial charge is 0.479 e. The molecule has 0 amide bonds. The minimum absolute atomic E-state index is 0.00375. The Morgan fingerprint density at radius 1 is 1.33 bits per heavy atom. The Labute approximate surface area is 175 Å². The molecular formula is C17H27N6O6P. The summed E-state index contributed by atoms with van der Waals surface area (Å²) in [6.45, 7) is 4.27. The average Bonchev–Trinajstić information content (AvgIpc) is 3.25. The highest BCUT2D eigenvalue weighted by Crippen LogP contribution is 2.40. The Bertz CT molecular complexity index is 895. The fraction of sp³-hybridized carbons (Fsp3) is 0.647. The Morgan fingerprint density at radius 2 is 2.10 bits per heavy atom. The number of methoxy groups -OCH3 is 2. The van der Waals surface area contributed by atoms with Crippen LogP contribution < -0.4 is 15.6 Å². The van der Waals surface area contributed by atoms with Crippen molar-refractivity contribution >= 4 is 31.6 Å². The van der Waals surface area contributed by atoms with Crippen molar-refractivity contribution in [2.45, 2.75) is 32.6 Å². The second-order valence-electron chi connectivity index (χ2n) is 6.80. The van der Waals surface area contributed by atoms with E-state index in [-0.39, 0.29) is 30.7 Å². The number of esters is 1. The van der Waals surface area contributed by atoms with E-state index in [2.05, 4.69) is 31.7 Å². The number of nitrogens with zero attached hydrogens (tertiary/aromatic N) is 4. The Balaban J connectivity index is 1.70. The lowest BCUT2D eigenvalue weighted by Crippen LogP contribution is -2.23. The van der Waals surface area contributed by atoms with Crippen LogP contribution in [0.1, 0.15) is 25.4 Å². The van der Waals surface area contributed by atoms with Gasteiger partial charge in [-0.3, -0.25) is 9.36 Å². The molecule has 3 heterocycles. The molecule has 0 aliphatic carbocycles. The molecule has 1 saturated heterocycles. The van der Waals surface area contributed by atoms with Crippen LogP contribution in [-0.4, -0.2) is 66.1 Å². The molecule has 0 spiro atoms. The van der Waals surface area contributed by atoms with Gasteiger partial charge >= 0.3 is 5.97 Å². The van der Waals surface area contributed by atoms with Gasteiger partial charge in [0.05, 0.1) is 26.9 Å². The van der Waals surface area contributed by atoms with Crippen LogP contribution in [0.25, 0.3) is 11.2 Å². The van der Waals surface area contributed by atoms with Crippen molar-refractivity contribution in [1.82, 2.24) is 24.6 Å². The number of anilines is 1. The Hall–Kier alpha value is -2.11. The van der Waals surface area contributed by atoms with Crippen molar-refractivity contribution in [2.75, 3.05) is 40.2 Å². The SMILES string of the molecule is COC(=O)CNP(OC)OC[C@@H]1C[C@H](C)C(n2c(C)nc3c(OC)nc(N)nc32)O1. The first-order chi connectivity index (χ1) is 14.4. The fourth-order valence-electron chi connectivity index (χ4n) is 3.38. The van der Waals surface area contributed by atoms with E-state index in [4.69, 9.17) is 24.3 Å². The van der Waals surface area contributed by atoms with Crippen molar-refractivity contribution in [3.05, 3.63) is 5.82 Å².